The van der Waals surface area contributed by atoms with E-state index in [0.717, 1.165) is 12.3 Å². The molecular formula is C10H14N4O2. The number of hydrogen-bond donors (Lipinski definition) is 2. The van der Waals surface area contributed by atoms with Crippen molar-refractivity contribution in [3.8, 4) is 5.88 Å². The first kappa shape index (κ1) is 10.7. The SMILES string of the molecule is N/C(=N/O)c1ccnnc1OCCC1CC1. The molecule has 6 nitrogen and oxygen atoms in total. The summed E-state index contributed by atoms with van der Waals surface area (Å²) in [5.41, 5.74) is 5.96. The highest BCUT2D eigenvalue weighted by Crippen LogP contribution is 2.32. The molecule has 3 N–H and O–H groups in total. The van der Waals surface area contributed by atoms with Crippen molar-refractivity contribution >= 4 is 5.84 Å². The van der Waals surface area contributed by atoms with Crippen LogP contribution < -0.4 is 10.5 Å². The molecule has 1 aliphatic rings. The van der Waals surface area contributed by atoms with Crippen molar-refractivity contribution in [1.82, 2.24) is 10.2 Å². The molecule has 0 amide bonds. The third-order valence-corrected chi connectivity index (χ3v) is 2.53. The summed E-state index contributed by atoms with van der Waals surface area (Å²) < 4.78 is 5.47. The average molecular weight is 222 g/mol. The zero-order valence-corrected chi connectivity index (χ0v) is 8.83. The molecule has 0 atom stereocenters. The number of nitrogens with two attached hydrogens (primary N) is 1. The fourth-order valence-electron chi connectivity index (χ4n) is 1.40. The summed E-state index contributed by atoms with van der Waals surface area (Å²) >= 11 is 0. The standard InChI is InChI=1S/C10H14N4O2/c11-9(14-15)8-3-5-12-13-10(8)16-6-4-7-1-2-7/h3,5,7,15H,1-2,4,6H2,(H2,11,14). The second kappa shape index (κ2) is 4.78. The molecule has 16 heavy (non-hydrogen) atoms. The zero-order chi connectivity index (χ0) is 11.4. The van der Waals surface area contributed by atoms with Gasteiger partial charge in [0.05, 0.1) is 18.4 Å². The molecule has 6 heteroatoms. The number of oxime groups is 1. The van der Waals surface area contributed by atoms with Gasteiger partial charge in [0.25, 0.3) is 0 Å². The van der Waals surface area contributed by atoms with Gasteiger partial charge >= 0.3 is 0 Å². The molecule has 0 radical (unpaired) electrons. The number of nitrogens with zero attached hydrogens (tertiary/aromatic N) is 3. The Bertz CT molecular complexity index is 390. The summed E-state index contributed by atoms with van der Waals surface area (Å²) in [4.78, 5) is 0. The Balaban J connectivity index is 2.00. The van der Waals surface area contributed by atoms with Crippen LogP contribution in [0.4, 0.5) is 0 Å². The highest BCUT2D eigenvalue weighted by Gasteiger charge is 2.21. The van der Waals surface area contributed by atoms with Crippen LogP contribution in [0.1, 0.15) is 24.8 Å². The molecule has 0 spiro atoms. The van der Waals surface area contributed by atoms with Crippen LogP contribution in [0.2, 0.25) is 0 Å². The zero-order valence-electron chi connectivity index (χ0n) is 8.83. The summed E-state index contributed by atoms with van der Waals surface area (Å²) in [6.45, 7) is 0.592. The van der Waals surface area contributed by atoms with E-state index in [1.807, 2.05) is 0 Å². The van der Waals surface area contributed by atoms with Gasteiger partial charge in [-0.25, -0.2) is 0 Å². The quantitative estimate of drug-likeness (QED) is 0.332. The van der Waals surface area contributed by atoms with Crippen LogP contribution in [0.15, 0.2) is 17.4 Å². The highest BCUT2D eigenvalue weighted by molar-refractivity contribution is 5.98. The molecule has 0 aliphatic heterocycles. The van der Waals surface area contributed by atoms with Crippen LogP contribution in [0.3, 0.4) is 0 Å². The van der Waals surface area contributed by atoms with Crippen LogP contribution in [0.25, 0.3) is 0 Å². The first-order valence-electron chi connectivity index (χ1n) is 5.23. The molecule has 1 aliphatic carbocycles. The summed E-state index contributed by atoms with van der Waals surface area (Å²) in [5, 5.41) is 19.0. The largest absolute Gasteiger partial charge is 0.476 e. The van der Waals surface area contributed by atoms with Gasteiger partial charge in [0.2, 0.25) is 5.88 Å². The number of hydrogen-bond acceptors (Lipinski definition) is 5. The molecule has 86 valence electrons. The lowest BCUT2D eigenvalue weighted by atomic mass is 10.3. The third-order valence-electron chi connectivity index (χ3n) is 2.53. The number of amidine groups is 1. The minimum absolute atomic E-state index is 0.0173. The van der Waals surface area contributed by atoms with Gasteiger partial charge in [0.1, 0.15) is 0 Å². The Morgan fingerprint density at radius 2 is 2.44 bits per heavy atom. The minimum atomic E-state index is -0.0173. The van der Waals surface area contributed by atoms with Gasteiger partial charge in [0.15, 0.2) is 5.84 Å². The van der Waals surface area contributed by atoms with Gasteiger partial charge in [0, 0.05) is 0 Å². The van der Waals surface area contributed by atoms with Gasteiger partial charge in [-0.05, 0) is 18.4 Å². The van der Waals surface area contributed by atoms with E-state index < -0.39 is 0 Å². The summed E-state index contributed by atoms with van der Waals surface area (Å²) in [7, 11) is 0. The maximum Gasteiger partial charge on any atom is 0.244 e. The fourth-order valence-corrected chi connectivity index (χ4v) is 1.40. The molecule has 0 aromatic carbocycles. The van der Waals surface area contributed by atoms with E-state index in [4.69, 9.17) is 15.7 Å². The lowest BCUT2D eigenvalue weighted by Crippen LogP contribution is -2.16. The van der Waals surface area contributed by atoms with Gasteiger partial charge < -0.3 is 15.7 Å². The predicted molar refractivity (Wildman–Crippen MR) is 57.4 cm³/mol. The minimum Gasteiger partial charge on any atom is -0.476 e. The lowest BCUT2D eigenvalue weighted by molar-refractivity contribution is 0.286. The van der Waals surface area contributed by atoms with E-state index >= 15 is 0 Å². The normalized spacial score (nSPS) is 16.1. The molecule has 0 saturated heterocycles. The van der Waals surface area contributed by atoms with Crippen molar-refractivity contribution in [2.24, 2.45) is 16.8 Å². The van der Waals surface area contributed by atoms with Crippen LogP contribution >= 0.6 is 0 Å². The van der Waals surface area contributed by atoms with Crippen molar-refractivity contribution in [2.75, 3.05) is 6.61 Å². The molecule has 1 fully saturated rings. The van der Waals surface area contributed by atoms with Crippen molar-refractivity contribution in [2.45, 2.75) is 19.3 Å². The molecule has 1 saturated carbocycles. The molecular weight excluding hydrogens is 208 g/mol. The van der Waals surface area contributed by atoms with E-state index in [0.29, 0.717) is 18.1 Å². The third kappa shape index (κ3) is 2.59. The van der Waals surface area contributed by atoms with Crippen LogP contribution in [0.5, 0.6) is 5.88 Å². The second-order valence-electron chi connectivity index (χ2n) is 3.82. The number of rotatable bonds is 5. The van der Waals surface area contributed by atoms with Crippen LogP contribution in [-0.4, -0.2) is 27.8 Å². The second-order valence-corrected chi connectivity index (χ2v) is 3.82. The van der Waals surface area contributed by atoms with E-state index in [9.17, 15) is 0 Å². The van der Waals surface area contributed by atoms with E-state index in [2.05, 4.69) is 15.4 Å². The van der Waals surface area contributed by atoms with Gasteiger partial charge in [-0.2, -0.15) is 5.10 Å². The average Bonchev–Trinajstić information content (AvgIpc) is 3.13. The smallest absolute Gasteiger partial charge is 0.244 e. The van der Waals surface area contributed by atoms with E-state index in [1.54, 1.807) is 6.07 Å². The summed E-state index contributed by atoms with van der Waals surface area (Å²) in [6, 6.07) is 1.61. The Morgan fingerprint density at radius 3 is 3.12 bits per heavy atom. The first-order chi connectivity index (χ1) is 7.81. The van der Waals surface area contributed by atoms with E-state index in [1.165, 1.54) is 19.0 Å². The summed E-state index contributed by atoms with van der Waals surface area (Å²) in [5.74, 6) is 1.10. The predicted octanol–water partition coefficient (Wildman–Crippen LogP) is 0.750. The van der Waals surface area contributed by atoms with Gasteiger partial charge in [-0.1, -0.05) is 18.0 Å². The summed E-state index contributed by atoms with van der Waals surface area (Å²) in [6.07, 6.45) is 5.07. The van der Waals surface area contributed by atoms with Crippen molar-refractivity contribution in [3.05, 3.63) is 17.8 Å². The maximum atomic E-state index is 8.60. The Kier molecular flexibility index (Phi) is 3.19. The van der Waals surface area contributed by atoms with Gasteiger partial charge in [-0.15, -0.1) is 5.10 Å². The van der Waals surface area contributed by atoms with Crippen molar-refractivity contribution in [1.29, 1.82) is 0 Å². The first-order valence-corrected chi connectivity index (χ1v) is 5.23. The number of ether oxygens (including phenoxy) is 1. The Morgan fingerprint density at radius 1 is 1.62 bits per heavy atom. The maximum absolute atomic E-state index is 8.60. The number of aromatic nitrogens is 2. The lowest BCUT2D eigenvalue weighted by Gasteiger charge is -2.07. The van der Waals surface area contributed by atoms with Crippen LogP contribution in [-0.2, 0) is 0 Å². The van der Waals surface area contributed by atoms with E-state index in [-0.39, 0.29) is 5.84 Å². The Labute approximate surface area is 93.1 Å². The molecule has 2 rings (SSSR count). The highest BCUT2D eigenvalue weighted by atomic mass is 16.5. The molecule has 0 unspecified atom stereocenters. The van der Waals surface area contributed by atoms with Crippen LogP contribution in [0, 0.1) is 5.92 Å². The van der Waals surface area contributed by atoms with Gasteiger partial charge in [-0.3, -0.25) is 0 Å². The fraction of sp³-hybridized carbons (Fsp3) is 0.500. The molecule has 1 aromatic rings. The van der Waals surface area contributed by atoms with Crippen molar-refractivity contribution < 1.29 is 9.94 Å². The topological polar surface area (TPSA) is 93.6 Å². The molecule has 1 aromatic heterocycles. The molecule has 1 heterocycles. The monoisotopic (exact) mass is 222 g/mol. The molecule has 0 bridgehead atoms. The van der Waals surface area contributed by atoms with Crippen molar-refractivity contribution in [3.63, 3.8) is 0 Å². The Hall–Kier alpha value is -1.85.